The van der Waals surface area contributed by atoms with E-state index >= 15 is 0 Å². The van der Waals surface area contributed by atoms with Crippen molar-refractivity contribution in [3.8, 4) is 0 Å². The minimum absolute atomic E-state index is 0.404. The first-order valence-electron chi connectivity index (χ1n) is 7.44. The van der Waals surface area contributed by atoms with E-state index in [2.05, 4.69) is 22.1 Å². The number of hydrogen-bond acceptors (Lipinski definition) is 4. The van der Waals surface area contributed by atoms with Gasteiger partial charge in [0.25, 0.3) is 0 Å². The molecule has 0 spiro atoms. The van der Waals surface area contributed by atoms with Crippen molar-refractivity contribution in [3.63, 3.8) is 0 Å². The first-order valence-corrected chi connectivity index (χ1v) is 8.19. The molecule has 1 unspecified atom stereocenters. The molecule has 1 aliphatic carbocycles. The number of halogens is 2. The molecule has 1 aromatic rings. The molecule has 2 rings (SSSR count). The SMILES string of the molecule is CCNc1nc(N(CCOC)C(C)C2CC2)c(Cl)cc1Cl. The van der Waals surface area contributed by atoms with Gasteiger partial charge in [0.15, 0.2) is 0 Å². The number of aromatic nitrogens is 1. The highest BCUT2D eigenvalue weighted by atomic mass is 35.5. The average Bonchev–Trinajstić information content (AvgIpc) is 3.28. The van der Waals surface area contributed by atoms with Crippen molar-refractivity contribution < 1.29 is 4.74 Å². The van der Waals surface area contributed by atoms with Gasteiger partial charge in [-0.25, -0.2) is 4.98 Å². The lowest BCUT2D eigenvalue weighted by molar-refractivity contribution is 0.202. The third-order valence-corrected chi connectivity index (χ3v) is 4.43. The van der Waals surface area contributed by atoms with Crippen LogP contribution in [0.3, 0.4) is 0 Å². The molecule has 1 atom stereocenters. The topological polar surface area (TPSA) is 37.4 Å². The van der Waals surface area contributed by atoms with Crippen LogP contribution in [0, 0.1) is 5.92 Å². The maximum Gasteiger partial charge on any atom is 0.150 e. The Morgan fingerprint density at radius 3 is 2.71 bits per heavy atom. The number of nitrogens with one attached hydrogen (secondary N) is 1. The molecule has 1 aromatic heterocycles. The molecular formula is C15H23Cl2N3O. The van der Waals surface area contributed by atoms with Gasteiger partial charge in [-0.3, -0.25) is 0 Å². The highest BCUT2D eigenvalue weighted by molar-refractivity contribution is 6.37. The number of rotatable bonds is 8. The fourth-order valence-electron chi connectivity index (χ4n) is 2.47. The van der Waals surface area contributed by atoms with Gasteiger partial charge in [-0.05, 0) is 38.7 Å². The van der Waals surface area contributed by atoms with Crippen molar-refractivity contribution in [2.45, 2.75) is 32.7 Å². The molecular weight excluding hydrogens is 309 g/mol. The monoisotopic (exact) mass is 331 g/mol. The van der Waals surface area contributed by atoms with Gasteiger partial charge in [0.1, 0.15) is 11.6 Å². The standard InChI is InChI=1S/C15H23Cl2N3O/c1-4-18-14-12(16)9-13(17)15(19-14)20(7-8-21-3)10(2)11-5-6-11/h9-11H,4-8H2,1-3H3,(H,18,19). The van der Waals surface area contributed by atoms with Crippen LogP contribution in [0.1, 0.15) is 26.7 Å². The van der Waals surface area contributed by atoms with Crippen LogP contribution < -0.4 is 10.2 Å². The Bertz CT molecular complexity index is 480. The number of nitrogens with zero attached hydrogens (tertiary/aromatic N) is 2. The third kappa shape index (κ3) is 4.15. The third-order valence-electron chi connectivity index (χ3n) is 3.86. The zero-order valence-corrected chi connectivity index (χ0v) is 14.3. The van der Waals surface area contributed by atoms with Crippen molar-refractivity contribution in [1.29, 1.82) is 0 Å². The van der Waals surface area contributed by atoms with Crippen LogP contribution in [0.4, 0.5) is 11.6 Å². The molecule has 21 heavy (non-hydrogen) atoms. The number of pyridine rings is 1. The van der Waals surface area contributed by atoms with E-state index in [0.29, 0.717) is 28.5 Å². The minimum atomic E-state index is 0.404. The highest BCUT2D eigenvalue weighted by Crippen LogP contribution is 2.39. The van der Waals surface area contributed by atoms with Crippen LogP contribution in [0.15, 0.2) is 6.07 Å². The molecule has 1 aliphatic rings. The van der Waals surface area contributed by atoms with Crippen LogP contribution in [-0.4, -0.2) is 37.8 Å². The average molecular weight is 332 g/mol. The van der Waals surface area contributed by atoms with Crippen molar-refractivity contribution in [3.05, 3.63) is 16.1 Å². The number of ether oxygens (including phenoxy) is 1. The smallest absolute Gasteiger partial charge is 0.150 e. The normalized spacial score (nSPS) is 15.9. The predicted octanol–water partition coefficient (Wildman–Crippen LogP) is 4.07. The van der Waals surface area contributed by atoms with Gasteiger partial charge in [-0.15, -0.1) is 0 Å². The lowest BCUT2D eigenvalue weighted by Gasteiger charge is -2.31. The summed E-state index contributed by atoms with van der Waals surface area (Å²) in [4.78, 5) is 6.88. The Morgan fingerprint density at radius 2 is 2.14 bits per heavy atom. The van der Waals surface area contributed by atoms with Gasteiger partial charge in [0.2, 0.25) is 0 Å². The van der Waals surface area contributed by atoms with E-state index < -0.39 is 0 Å². The van der Waals surface area contributed by atoms with Gasteiger partial charge in [0, 0.05) is 26.2 Å². The van der Waals surface area contributed by atoms with Gasteiger partial charge in [0.05, 0.1) is 16.7 Å². The first-order chi connectivity index (χ1) is 10.1. The Labute approximate surface area is 136 Å². The highest BCUT2D eigenvalue weighted by Gasteiger charge is 2.33. The zero-order chi connectivity index (χ0) is 15.4. The summed E-state index contributed by atoms with van der Waals surface area (Å²) in [5.74, 6) is 2.19. The quantitative estimate of drug-likeness (QED) is 0.779. The summed E-state index contributed by atoms with van der Waals surface area (Å²) in [6.45, 7) is 6.43. The molecule has 0 amide bonds. The summed E-state index contributed by atoms with van der Waals surface area (Å²) in [6.07, 6.45) is 2.55. The molecule has 118 valence electrons. The van der Waals surface area contributed by atoms with Crippen LogP contribution in [0.25, 0.3) is 0 Å². The molecule has 0 bridgehead atoms. The number of methoxy groups -OCH3 is 1. The zero-order valence-electron chi connectivity index (χ0n) is 12.8. The van der Waals surface area contributed by atoms with Gasteiger partial charge < -0.3 is 15.0 Å². The first kappa shape index (κ1) is 16.7. The summed E-state index contributed by atoms with van der Waals surface area (Å²) >= 11 is 12.6. The van der Waals surface area contributed by atoms with Crippen molar-refractivity contribution >= 4 is 34.8 Å². The second-order valence-electron chi connectivity index (χ2n) is 5.42. The molecule has 1 saturated carbocycles. The van der Waals surface area contributed by atoms with Crippen molar-refractivity contribution in [2.24, 2.45) is 5.92 Å². The van der Waals surface area contributed by atoms with Crippen LogP contribution in [0.2, 0.25) is 10.0 Å². The fraction of sp³-hybridized carbons (Fsp3) is 0.667. The molecule has 1 fully saturated rings. The van der Waals surface area contributed by atoms with E-state index in [1.807, 2.05) is 6.92 Å². The largest absolute Gasteiger partial charge is 0.383 e. The van der Waals surface area contributed by atoms with E-state index in [1.165, 1.54) is 12.8 Å². The van der Waals surface area contributed by atoms with Gasteiger partial charge in [-0.1, -0.05) is 23.2 Å². The van der Waals surface area contributed by atoms with E-state index in [4.69, 9.17) is 27.9 Å². The molecule has 1 N–H and O–H groups in total. The van der Waals surface area contributed by atoms with E-state index in [9.17, 15) is 0 Å². The Balaban J connectivity index is 2.30. The Morgan fingerprint density at radius 1 is 1.43 bits per heavy atom. The molecule has 4 nitrogen and oxygen atoms in total. The summed E-state index contributed by atoms with van der Waals surface area (Å²) in [6, 6.07) is 2.17. The second kappa shape index (κ2) is 7.52. The summed E-state index contributed by atoms with van der Waals surface area (Å²) in [5.41, 5.74) is 0. The van der Waals surface area contributed by atoms with Gasteiger partial charge in [-0.2, -0.15) is 0 Å². The second-order valence-corrected chi connectivity index (χ2v) is 6.23. The Kier molecular flexibility index (Phi) is 5.97. The molecule has 0 radical (unpaired) electrons. The van der Waals surface area contributed by atoms with Crippen LogP contribution in [0.5, 0.6) is 0 Å². The summed E-state index contributed by atoms with van der Waals surface area (Å²) < 4.78 is 5.23. The molecule has 0 aliphatic heterocycles. The lowest BCUT2D eigenvalue weighted by Crippen LogP contribution is -2.38. The van der Waals surface area contributed by atoms with Crippen molar-refractivity contribution in [2.75, 3.05) is 37.0 Å². The van der Waals surface area contributed by atoms with E-state index in [-0.39, 0.29) is 0 Å². The van der Waals surface area contributed by atoms with Gasteiger partial charge >= 0.3 is 0 Å². The molecule has 1 heterocycles. The van der Waals surface area contributed by atoms with Crippen LogP contribution >= 0.6 is 23.2 Å². The molecule has 0 aromatic carbocycles. The Hall–Kier alpha value is -0.710. The predicted molar refractivity (Wildman–Crippen MR) is 89.8 cm³/mol. The maximum atomic E-state index is 6.39. The molecule has 6 heteroatoms. The lowest BCUT2D eigenvalue weighted by atomic mass is 10.2. The summed E-state index contributed by atoms with van der Waals surface area (Å²) in [5, 5.41) is 4.32. The van der Waals surface area contributed by atoms with E-state index in [1.54, 1.807) is 13.2 Å². The molecule has 0 saturated heterocycles. The van der Waals surface area contributed by atoms with Crippen LogP contribution in [-0.2, 0) is 4.74 Å². The summed E-state index contributed by atoms with van der Waals surface area (Å²) in [7, 11) is 1.71. The number of hydrogen-bond donors (Lipinski definition) is 1. The minimum Gasteiger partial charge on any atom is -0.383 e. The maximum absolute atomic E-state index is 6.39. The number of anilines is 2. The van der Waals surface area contributed by atoms with Crippen molar-refractivity contribution in [1.82, 2.24) is 4.98 Å². The fourth-order valence-corrected chi connectivity index (χ4v) is 3.01. The van der Waals surface area contributed by atoms with E-state index in [0.717, 1.165) is 24.8 Å².